The zero-order chi connectivity index (χ0) is 15.5. The summed E-state index contributed by atoms with van der Waals surface area (Å²) < 4.78 is 12.2. The standard InChI is InChI=1S/C17H35NO2Si/c1-13-9-6-7-12-16(13)18-21(19-4,20-5)17-14(2)10-8-11-15(17)3/h13-18H,6-12H2,1-5H3. The summed E-state index contributed by atoms with van der Waals surface area (Å²) in [4.78, 5) is 3.94. The summed E-state index contributed by atoms with van der Waals surface area (Å²) in [7, 11) is 1.38. The Kier molecular flexibility index (Phi) is 6.30. The molecular formula is C17H35NO2Si. The molecule has 124 valence electrons. The van der Waals surface area contributed by atoms with Gasteiger partial charge in [-0.2, -0.15) is 0 Å². The minimum Gasteiger partial charge on any atom is -0.386 e. The van der Waals surface area contributed by atoms with Crippen LogP contribution in [0.4, 0.5) is 0 Å². The van der Waals surface area contributed by atoms with Crippen LogP contribution in [0.1, 0.15) is 65.7 Å². The smallest absolute Gasteiger partial charge is 0.386 e. The first-order valence-corrected chi connectivity index (χ1v) is 10.8. The average Bonchev–Trinajstić information content (AvgIpc) is 2.48. The van der Waals surface area contributed by atoms with Crippen LogP contribution in [-0.2, 0) is 8.85 Å². The molecule has 0 aromatic carbocycles. The lowest BCUT2D eigenvalue weighted by Gasteiger charge is -2.46. The molecule has 0 bridgehead atoms. The van der Waals surface area contributed by atoms with Crippen molar-refractivity contribution in [1.82, 2.24) is 4.98 Å². The normalized spacial score (nSPS) is 38.4. The van der Waals surface area contributed by atoms with Gasteiger partial charge in [-0.1, -0.05) is 52.9 Å². The van der Waals surface area contributed by atoms with Crippen LogP contribution in [-0.4, -0.2) is 29.0 Å². The van der Waals surface area contributed by atoms with Crippen LogP contribution in [0.25, 0.3) is 0 Å². The largest absolute Gasteiger partial charge is 0.428 e. The number of rotatable bonds is 5. The lowest BCUT2D eigenvalue weighted by atomic mass is 9.83. The molecule has 1 N–H and O–H groups in total. The summed E-state index contributed by atoms with van der Waals surface area (Å²) in [6.07, 6.45) is 9.33. The molecule has 0 amide bonds. The Morgan fingerprint density at radius 3 is 1.81 bits per heavy atom. The van der Waals surface area contributed by atoms with Crippen molar-refractivity contribution in [2.75, 3.05) is 14.2 Å². The first-order chi connectivity index (χ1) is 10.0. The van der Waals surface area contributed by atoms with E-state index < -0.39 is 8.72 Å². The molecule has 2 rings (SSSR count). The van der Waals surface area contributed by atoms with Gasteiger partial charge >= 0.3 is 8.72 Å². The summed E-state index contributed by atoms with van der Waals surface area (Å²) in [5.74, 6) is 2.14. The topological polar surface area (TPSA) is 30.5 Å². The molecule has 0 radical (unpaired) electrons. The number of hydrogen-bond donors (Lipinski definition) is 1. The monoisotopic (exact) mass is 313 g/mol. The fourth-order valence-corrected chi connectivity index (χ4v) is 8.71. The van der Waals surface area contributed by atoms with Crippen LogP contribution in [0.15, 0.2) is 0 Å². The third-order valence-electron chi connectivity index (χ3n) is 6.09. The van der Waals surface area contributed by atoms with Gasteiger partial charge in [0.15, 0.2) is 0 Å². The Labute approximate surface area is 132 Å². The quantitative estimate of drug-likeness (QED) is 0.771. The molecule has 4 heteroatoms. The third-order valence-corrected chi connectivity index (χ3v) is 10.1. The zero-order valence-corrected chi connectivity index (χ0v) is 15.7. The Hall–Kier alpha value is 0.0969. The van der Waals surface area contributed by atoms with Gasteiger partial charge in [-0.25, -0.2) is 0 Å². The lowest BCUT2D eigenvalue weighted by Crippen LogP contribution is -2.65. The molecule has 0 aromatic rings. The molecule has 2 aliphatic rings. The minimum atomic E-state index is -2.35. The van der Waals surface area contributed by atoms with Crippen LogP contribution >= 0.6 is 0 Å². The summed E-state index contributed by atoms with van der Waals surface area (Å²) in [6, 6.07) is 0.576. The van der Waals surface area contributed by atoms with Crippen molar-refractivity contribution >= 4 is 8.72 Å². The second-order valence-electron chi connectivity index (χ2n) is 7.50. The van der Waals surface area contributed by atoms with Crippen molar-refractivity contribution in [2.24, 2.45) is 17.8 Å². The van der Waals surface area contributed by atoms with Gasteiger partial charge in [-0.15, -0.1) is 0 Å². The molecule has 0 heterocycles. The van der Waals surface area contributed by atoms with Gasteiger partial charge in [0.1, 0.15) is 0 Å². The zero-order valence-electron chi connectivity index (χ0n) is 14.7. The van der Waals surface area contributed by atoms with Gasteiger partial charge < -0.3 is 8.85 Å². The van der Waals surface area contributed by atoms with Crippen LogP contribution in [0.5, 0.6) is 0 Å². The summed E-state index contributed by atoms with van der Waals surface area (Å²) >= 11 is 0. The fourth-order valence-electron chi connectivity index (χ4n) is 4.79. The molecule has 0 saturated heterocycles. The maximum absolute atomic E-state index is 6.12. The van der Waals surface area contributed by atoms with E-state index in [0.717, 1.165) is 5.92 Å². The highest BCUT2D eigenvalue weighted by Gasteiger charge is 2.52. The highest BCUT2D eigenvalue weighted by atomic mass is 28.4. The molecule has 2 fully saturated rings. The van der Waals surface area contributed by atoms with Crippen molar-refractivity contribution < 1.29 is 8.85 Å². The van der Waals surface area contributed by atoms with Crippen molar-refractivity contribution in [2.45, 2.75) is 77.3 Å². The Balaban J connectivity index is 2.17. The third kappa shape index (κ3) is 3.71. The van der Waals surface area contributed by atoms with Gasteiger partial charge in [0.05, 0.1) is 0 Å². The van der Waals surface area contributed by atoms with E-state index in [1.807, 2.05) is 14.2 Å². The van der Waals surface area contributed by atoms with Crippen LogP contribution < -0.4 is 4.98 Å². The van der Waals surface area contributed by atoms with Gasteiger partial charge in [-0.05, 0) is 30.6 Å². The molecular weight excluding hydrogens is 278 g/mol. The second-order valence-corrected chi connectivity index (χ2v) is 10.6. The predicted octanol–water partition coefficient (Wildman–Crippen LogP) is 4.21. The summed E-state index contributed by atoms with van der Waals surface area (Å²) in [5.41, 5.74) is 0.565. The van der Waals surface area contributed by atoms with Crippen molar-refractivity contribution in [3.63, 3.8) is 0 Å². The fraction of sp³-hybridized carbons (Fsp3) is 1.00. The van der Waals surface area contributed by atoms with E-state index in [1.54, 1.807) is 0 Å². The molecule has 4 atom stereocenters. The van der Waals surface area contributed by atoms with Crippen molar-refractivity contribution in [1.29, 1.82) is 0 Å². The lowest BCUT2D eigenvalue weighted by molar-refractivity contribution is 0.148. The maximum Gasteiger partial charge on any atom is 0.428 e. The van der Waals surface area contributed by atoms with Crippen molar-refractivity contribution in [3.8, 4) is 0 Å². The first kappa shape index (κ1) is 17.5. The van der Waals surface area contributed by atoms with E-state index in [9.17, 15) is 0 Å². The van der Waals surface area contributed by atoms with Gasteiger partial charge in [0, 0.05) is 25.8 Å². The Morgan fingerprint density at radius 2 is 1.29 bits per heavy atom. The molecule has 4 unspecified atom stereocenters. The van der Waals surface area contributed by atoms with E-state index >= 15 is 0 Å². The minimum absolute atomic E-state index is 0.565. The second kappa shape index (κ2) is 7.58. The Morgan fingerprint density at radius 1 is 0.762 bits per heavy atom. The molecule has 2 saturated carbocycles. The van der Waals surface area contributed by atoms with Gasteiger partial charge in [0.2, 0.25) is 0 Å². The molecule has 3 nitrogen and oxygen atoms in total. The molecule has 21 heavy (non-hydrogen) atoms. The van der Waals surface area contributed by atoms with Crippen molar-refractivity contribution in [3.05, 3.63) is 0 Å². The molecule has 0 spiro atoms. The molecule has 0 aromatic heterocycles. The highest BCUT2D eigenvalue weighted by Crippen LogP contribution is 2.45. The SMILES string of the molecule is CO[Si](NC1CCCCC1C)(OC)C1C(C)CCCC1C. The molecule has 2 aliphatic carbocycles. The van der Waals surface area contributed by atoms with Crippen LogP contribution in [0, 0.1) is 17.8 Å². The van der Waals surface area contributed by atoms with E-state index in [-0.39, 0.29) is 0 Å². The predicted molar refractivity (Wildman–Crippen MR) is 90.3 cm³/mol. The van der Waals surface area contributed by atoms with E-state index in [1.165, 1.54) is 44.9 Å². The first-order valence-electron chi connectivity index (χ1n) is 8.92. The number of hydrogen-bond acceptors (Lipinski definition) is 3. The van der Waals surface area contributed by atoms with Gasteiger partial charge in [0.25, 0.3) is 0 Å². The number of nitrogens with one attached hydrogen (secondary N) is 1. The van der Waals surface area contributed by atoms with Crippen LogP contribution in [0.2, 0.25) is 5.54 Å². The van der Waals surface area contributed by atoms with E-state index in [4.69, 9.17) is 8.85 Å². The average molecular weight is 314 g/mol. The maximum atomic E-state index is 6.12. The van der Waals surface area contributed by atoms with E-state index in [0.29, 0.717) is 23.4 Å². The summed E-state index contributed by atoms with van der Waals surface area (Å²) in [6.45, 7) is 7.17. The Bertz CT molecular complexity index is 312. The molecule has 0 aliphatic heterocycles. The van der Waals surface area contributed by atoms with E-state index in [2.05, 4.69) is 25.8 Å². The highest BCUT2D eigenvalue weighted by molar-refractivity contribution is 6.66. The van der Waals surface area contributed by atoms with Crippen LogP contribution in [0.3, 0.4) is 0 Å². The van der Waals surface area contributed by atoms with Gasteiger partial charge in [-0.3, -0.25) is 4.98 Å². The summed E-state index contributed by atoms with van der Waals surface area (Å²) in [5, 5.41) is 0.